The van der Waals surface area contributed by atoms with Crippen LogP contribution >= 0.6 is 34.7 Å². The highest BCUT2D eigenvalue weighted by Crippen LogP contribution is 2.37. The van der Waals surface area contributed by atoms with Crippen LogP contribution in [-0.4, -0.2) is 16.5 Å². The fraction of sp³-hybridized carbons (Fsp3) is 0.385. The van der Waals surface area contributed by atoms with E-state index in [0.29, 0.717) is 11.7 Å². The molecule has 3 N–H and O–H groups in total. The highest BCUT2D eigenvalue weighted by molar-refractivity contribution is 7.99. The van der Waals surface area contributed by atoms with Crippen molar-refractivity contribution in [2.75, 3.05) is 6.54 Å². The van der Waals surface area contributed by atoms with Crippen molar-refractivity contribution in [1.29, 1.82) is 0 Å². The number of rotatable bonds is 6. The van der Waals surface area contributed by atoms with Crippen LogP contribution in [0.4, 0.5) is 0 Å². The first kappa shape index (κ1) is 15.6. The molecule has 1 atom stereocenters. The first-order valence-electron chi connectivity index (χ1n) is 6.34. The van der Waals surface area contributed by atoms with Gasteiger partial charge < -0.3 is 10.7 Å². The molecule has 2 aromatic rings. The van der Waals surface area contributed by atoms with Gasteiger partial charge in [-0.1, -0.05) is 36.7 Å². The van der Waals surface area contributed by atoms with E-state index < -0.39 is 0 Å². The molecule has 7 heteroatoms. The second kappa shape index (κ2) is 7.26. The van der Waals surface area contributed by atoms with Gasteiger partial charge in [0.05, 0.1) is 9.59 Å². The molecule has 108 valence electrons. The fourth-order valence-electron chi connectivity index (χ4n) is 1.78. The monoisotopic (exact) mass is 329 g/mol. The number of nitrogens with zero attached hydrogens (tertiary/aromatic N) is 1. The molecule has 2 heterocycles. The maximum atomic E-state index is 11.6. The van der Waals surface area contributed by atoms with E-state index in [-0.39, 0.29) is 10.8 Å². The van der Waals surface area contributed by atoms with Crippen molar-refractivity contribution in [1.82, 2.24) is 9.97 Å². The molecule has 20 heavy (non-hydrogen) atoms. The quantitative estimate of drug-likeness (QED) is 0.630. The molecule has 0 saturated heterocycles. The minimum absolute atomic E-state index is 0.0486. The van der Waals surface area contributed by atoms with Crippen molar-refractivity contribution in [3.05, 3.63) is 43.5 Å². The zero-order chi connectivity index (χ0) is 14.5. The number of nitrogens with one attached hydrogen (secondary N) is 1. The average Bonchev–Trinajstić information content (AvgIpc) is 2.82. The Bertz CT molecular complexity index is 626. The summed E-state index contributed by atoms with van der Waals surface area (Å²) in [5.41, 5.74) is 6.52. The summed E-state index contributed by atoms with van der Waals surface area (Å²) in [5, 5.41) is 0.661. The van der Waals surface area contributed by atoms with Gasteiger partial charge in [-0.3, -0.25) is 4.79 Å². The molecule has 2 aromatic heterocycles. The molecule has 2 rings (SSSR count). The van der Waals surface area contributed by atoms with E-state index in [4.69, 9.17) is 17.3 Å². The van der Waals surface area contributed by atoms with E-state index in [1.165, 1.54) is 23.1 Å². The predicted octanol–water partition coefficient (Wildman–Crippen LogP) is 3.23. The molecule has 0 fully saturated rings. The smallest absolute Gasteiger partial charge is 0.251 e. The van der Waals surface area contributed by atoms with E-state index in [1.807, 2.05) is 12.1 Å². The minimum atomic E-state index is -0.120. The van der Waals surface area contributed by atoms with Crippen molar-refractivity contribution >= 4 is 34.7 Å². The first-order valence-corrected chi connectivity index (χ1v) is 8.42. The molecule has 4 nitrogen and oxygen atoms in total. The van der Waals surface area contributed by atoms with Crippen LogP contribution in [0.3, 0.4) is 0 Å². The van der Waals surface area contributed by atoms with Crippen molar-refractivity contribution in [2.45, 2.75) is 30.2 Å². The Morgan fingerprint density at radius 3 is 2.95 bits per heavy atom. The third-order valence-electron chi connectivity index (χ3n) is 2.66. The predicted molar refractivity (Wildman–Crippen MR) is 85.8 cm³/mol. The molecule has 1 unspecified atom stereocenters. The van der Waals surface area contributed by atoms with Gasteiger partial charge in [-0.25, -0.2) is 4.98 Å². The molecular weight excluding hydrogens is 314 g/mol. The van der Waals surface area contributed by atoms with Gasteiger partial charge in [0.25, 0.3) is 5.56 Å². The van der Waals surface area contributed by atoms with Crippen molar-refractivity contribution < 1.29 is 0 Å². The Labute approximate surface area is 130 Å². The van der Waals surface area contributed by atoms with Crippen molar-refractivity contribution in [2.24, 2.45) is 5.73 Å². The Morgan fingerprint density at radius 1 is 1.55 bits per heavy atom. The lowest BCUT2D eigenvalue weighted by molar-refractivity contribution is 0.811. The summed E-state index contributed by atoms with van der Waals surface area (Å²) in [6, 6.07) is 5.37. The minimum Gasteiger partial charge on any atom is -0.329 e. The third-order valence-corrected chi connectivity index (χ3v) is 5.30. The fourth-order valence-corrected chi connectivity index (χ4v) is 4.02. The number of aromatic amines is 1. The van der Waals surface area contributed by atoms with Gasteiger partial charge in [-0.05, 0) is 18.6 Å². The number of hydrogen-bond acceptors (Lipinski definition) is 5. The third kappa shape index (κ3) is 4.09. The van der Waals surface area contributed by atoms with E-state index in [2.05, 4.69) is 16.9 Å². The zero-order valence-electron chi connectivity index (χ0n) is 11.1. The zero-order valence-corrected chi connectivity index (χ0v) is 13.4. The number of aromatic nitrogens is 2. The largest absolute Gasteiger partial charge is 0.329 e. The number of aryl methyl sites for hydroxylation is 1. The van der Waals surface area contributed by atoms with Gasteiger partial charge in [0.1, 0.15) is 0 Å². The summed E-state index contributed by atoms with van der Waals surface area (Å²) in [4.78, 5) is 20.0. The topological polar surface area (TPSA) is 71.8 Å². The van der Waals surface area contributed by atoms with Crippen LogP contribution in [0.15, 0.2) is 28.2 Å². The van der Waals surface area contributed by atoms with Gasteiger partial charge >= 0.3 is 0 Å². The molecule has 0 spiro atoms. The maximum Gasteiger partial charge on any atom is 0.251 e. The summed E-state index contributed by atoms with van der Waals surface area (Å²) in [6.07, 6.45) is 1.76. The Balaban J connectivity index is 2.21. The van der Waals surface area contributed by atoms with Gasteiger partial charge in [-0.2, -0.15) is 0 Å². The second-order valence-corrected chi connectivity index (χ2v) is 7.21. The highest BCUT2D eigenvalue weighted by atomic mass is 35.5. The molecular formula is C13H16ClN3OS2. The number of thioether (sulfide) groups is 1. The molecule has 0 saturated carbocycles. The summed E-state index contributed by atoms with van der Waals surface area (Å²) in [5.74, 6) is 0. The number of thiophene rings is 1. The lowest BCUT2D eigenvalue weighted by Crippen LogP contribution is -2.13. The number of halogens is 1. The van der Waals surface area contributed by atoms with E-state index in [0.717, 1.165) is 27.7 Å². The van der Waals surface area contributed by atoms with Crippen LogP contribution in [0.25, 0.3) is 0 Å². The molecule has 0 bridgehead atoms. The summed E-state index contributed by atoms with van der Waals surface area (Å²) in [7, 11) is 0. The maximum absolute atomic E-state index is 11.6. The molecule has 0 aliphatic heterocycles. The van der Waals surface area contributed by atoms with Crippen LogP contribution in [0.1, 0.15) is 29.2 Å². The summed E-state index contributed by atoms with van der Waals surface area (Å²) < 4.78 is 0.736. The average molecular weight is 330 g/mol. The lowest BCUT2D eigenvalue weighted by Gasteiger charge is -2.12. The van der Waals surface area contributed by atoms with Gasteiger partial charge in [0.2, 0.25) is 0 Å². The van der Waals surface area contributed by atoms with Crippen LogP contribution in [0.5, 0.6) is 0 Å². The Hall–Kier alpha value is -0.820. The molecule has 0 aromatic carbocycles. The van der Waals surface area contributed by atoms with Crippen LogP contribution in [0.2, 0.25) is 4.34 Å². The molecule has 0 aliphatic rings. The molecule has 0 aliphatic carbocycles. The van der Waals surface area contributed by atoms with Gasteiger partial charge in [-0.15, -0.1) is 11.3 Å². The van der Waals surface area contributed by atoms with Gasteiger partial charge in [0.15, 0.2) is 5.16 Å². The normalized spacial score (nSPS) is 12.6. The first-order chi connectivity index (χ1) is 9.62. The SMILES string of the molecule is CCCc1cc(=O)[nH]c(SC(CN)c2ccc(Cl)s2)n1. The molecule has 0 radical (unpaired) electrons. The summed E-state index contributed by atoms with van der Waals surface area (Å²) >= 11 is 8.92. The summed E-state index contributed by atoms with van der Waals surface area (Å²) in [6.45, 7) is 2.52. The van der Waals surface area contributed by atoms with Crippen LogP contribution in [0, 0.1) is 0 Å². The van der Waals surface area contributed by atoms with E-state index >= 15 is 0 Å². The Morgan fingerprint density at radius 2 is 2.35 bits per heavy atom. The number of H-pyrrole nitrogens is 1. The number of hydrogen-bond donors (Lipinski definition) is 2. The number of nitrogens with two attached hydrogens (primary N) is 1. The van der Waals surface area contributed by atoms with Crippen molar-refractivity contribution in [3.63, 3.8) is 0 Å². The van der Waals surface area contributed by atoms with E-state index in [9.17, 15) is 4.79 Å². The standard InChI is InChI=1S/C13H16ClN3OS2/c1-2-3-8-6-12(18)17-13(16-8)20-10(7-15)9-4-5-11(14)19-9/h4-6,10H,2-3,7,15H2,1H3,(H,16,17,18). The second-order valence-electron chi connectivity index (χ2n) is 4.28. The van der Waals surface area contributed by atoms with Gasteiger partial charge in [0, 0.05) is 23.2 Å². The van der Waals surface area contributed by atoms with Crippen molar-refractivity contribution in [3.8, 4) is 0 Å². The van der Waals surface area contributed by atoms with E-state index in [1.54, 1.807) is 6.07 Å². The van der Waals surface area contributed by atoms with Crippen LogP contribution in [-0.2, 0) is 6.42 Å². The Kier molecular flexibility index (Phi) is 5.65. The molecule has 0 amide bonds. The lowest BCUT2D eigenvalue weighted by atomic mass is 10.2. The highest BCUT2D eigenvalue weighted by Gasteiger charge is 2.15. The van der Waals surface area contributed by atoms with Crippen LogP contribution < -0.4 is 11.3 Å².